The fourth-order valence-corrected chi connectivity index (χ4v) is 4.65. The van der Waals surface area contributed by atoms with Gasteiger partial charge >= 0.3 is 6.03 Å². The highest BCUT2D eigenvalue weighted by Gasteiger charge is 2.28. The average Bonchev–Trinajstić information content (AvgIpc) is 2.92. The van der Waals surface area contributed by atoms with E-state index < -0.39 is 0 Å². The molecule has 2 aromatic carbocycles. The number of benzene rings is 2. The zero-order valence-corrected chi connectivity index (χ0v) is 21.4. The van der Waals surface area contributed by atoms with Crippen LogP contribution in [0.4, 0.5) is 10.5 Å². The van der Waals surface area contributed by atoms with Gasteiger partial charge in [0.15, 0.2) is 17.3 Å². The molecule has 1 aliphatic heterocycles. The monoisotopic (exact) mass is 506 g/mol. The molecule has 0 aromatic heterocycles. The number of amides is 2. The number of ketones is 1. The number of methoxy groups -OCH3 is 2. The van der Waals surface area contributed by atoms with Gasteiger partial charge < -0.3 is 24.8 Å². The van der Waals surface area contributed by atoms with Gasteiger partial charge in [-0.15, -0.1) is 0 Å². The Hall–Kier alpha value is -3.85. The lowest BCUT2D eigenvalue weighted by Crippen LogP contribution is -2.50. The number of nitrogens with zero attached hydrogens (tertiary/aromatic N) is 3. The highest BCUT2D eigenvalue weighted by molar-refractivity contribution is 6.14. The number of urea groups is 1. The van der Waals surface area contributed by atoms with Crippen molar-refractivity contribution in [3.8, 4) is 11.5 Å². The molecule has 1 heterocycles. The zero-order chi connectivity index (χ0) is 26.2. The molecule has 1 fully saturated rings. The first-order chi connectivity index (χ1) is 18.0. The zero-order valence-electron chi connectivity index (χ0n) is 21.4. The van der Waals surface area contributed by atoms with E-state index in [0.29, 0.717) is 49.5 Å². The third-order valence-electron chi connectivity index (χ3n) is 6.81. The maximum absolute atomic E-state index is 12.8. The van der Waals surface area contributed by atoms with Crippen LogP contribution < -0.4 is 14.8 Å². The molecule has 37 heavy (non-hydrogen) atoms. The fourth-order valence-electron chi connectivity index (χ4n) is 4.65. The molecule has 1 atom stereocenters. The number of hydrogen-bond donors (Lipinski definition) is 2. The van der Waals surface area contributed by atoms with Crippen LogP contribution in [0.15, 0.2) is 64.9 Å². The van der Waals surface area contributed by atoms with Gasteiger partial charge in [0.1, 0.15) is 5.76 Å². The normalized spacial score (nSPS) is 18.8. The van der Waals surface area contributed by atoms with Gasteiger partial charge in [-0.05, 0) is 35.7 Å². The molecule has 196 valence electrons. The van der Waals surface area contributed by atoms with Gasteiger partial charge in [0.05, 0.1) is 26.3 Å². The molecule has 1 saturated heterocycles. The molecule has 0 bridgehead atoms. The third kappa shape index (κ3) is 6.68. The van der Waals surface area contributed by atoms with Gasteiger partial charge in [0.25, 0.3) is 0 Å². The molecule has 1 unspecified atom stereocenters. The Kier molecular flexibility index (Phi) is 8.79. The molecule has 2 aromatic rings. The largest absolute Gasteiger partial charge is 0.511 e. The van der Waals surface area contributed by atoms with Crippen molar-refractivity contribution in [2.24, 2.45) is 4.99 Å². The summed E-state index contributed by atoms with van der Waals surface area (Å²) in [5, 5.41) is 13.5. The lowest BCUT2D eigenvalue weighted by molar-refractivity contribution is -0.116. The van der Waals surface area contributed by atoms with Crippen LogP contribution >= 0.6 is 0 Å². The number of allylic oxidation sites excluding steroid dienone is 2. The molecule has 1 aliphatic carbocycles. The van der Waals surface area contributed by atoms with E-state index in [9.17, 15) is 14.7 Å². The highest BCUT2D eigenvalue weighted by atomic mass is 16.5. The molecular weight excluding hydrogens is 472 g/mol. The number of rotatable bonds is 8. The van der Waals surface area contributed by atoms with Crippen LogP contribution in [0.1, 0.15) is 24.3 Å². The third-order valence-corrected chi connectivity index (χ3v) is 6.81. The first-order valence-electron chi connectivity index (χ1n) is 12.5. The number of anilines is 1. The molecule has 9 heteroatoms. The van der Waals surface area contributed by atoms with Crippen LogP contribution in [-0.4, -0.2) is 86.4 Å². The number of carbonyl (C=O) groups excluding carboxylic acids is 2. The standard InChI is InChI=1S/C28H34N4O5/c1-36-26-9-8-20(18-27(26)37-2)21-16-24(33)23(25(34)17-21)19-29-10-11-31-12-14-32(15-13-31)28(35)30-22-6-4-3-5-7-22/h3-9,18-19,21,33H,10-17H2,1-2H3,(H,30,35). The number of hydrogen-bond acceptors (Lipinski definition) is 7. The molecular formula is C28H34N4O5. The summed E-state index contributed by atoms with van der Waals surface area (Å²) in [4.78, 5) is 33.7. The van der Waals surface area contributed by atoms with Crippen LogP contribution in [0.2, 0.25) is 0 Å². The Balaban J connectivity index is 1.24. The van der Waals surface area contributed by atoms with Crippen LogP contribution in [-0.2, 0) is 4.79 Å². The first-order valence-corrected chi connectivity index (χ1v) is 12.5. The molecule has 2 aliphatic rings. The Morgan fingerprint density at radius 1 is 1.05 bits per heavy atom. The summed E-state index contributed by atoms with van der Waals surface area (Å²) in [5.41, 5.74) is 2.00. The van der Waals surface area contributed by atoms with Crippen LogP contribution in [0.25, 0.3) is 0 Å². The fraction of sp³-hybridized carbons (Fsp3) is 0.393. The van der Waals surface area contributed by atoms with E-state index in [0.717, 1.165) is 30.9 Å². The Morgan fingerprint density at radius 2 is 1.78 bits per heavy atom. The number of Topliss-reactive ketones (excluding diaryl/α,β-unsaturated/α-hetero) is 1. The predicted octanol–water partition coefficient (Wildman–Crippen LogP) is 3.88. The molecule has 0 radical (unpaired) electrons. The number of aliphatic hydroxyl groups excluding tert-OH is 1. The number of para-hydroxylation sites is 1. The lowest BCUT2D eigenvalue weighted by Gasteiger charge is -2.34. The quantitative estimate of drug-likeness (QED) is 0.527. The van der Waals surface area contributed by atoms with Crippen molar-refractivity contribution in [2.45, 2.75) is 18.8 Å². The van der Waals surface area contributed by atoms with Gasteiger partial charge in [-0.1, -0.05) is 24.3 Å². The van der Waals surface area contributed by atoms with Crippen LogP contribution in [0.3, 0.4) is 0 Å². The van der Waals surface area contributed by atoms with E-state index in [1.807, 2.05) is 53.4 Å². The molecule has 9 nitrogen and oxygen atoms in total. The summed E-state index contributed by atoms with van der Waals surface area (Å²) in [7, 11) is 3.15. The second-order valence-corrected chi connectivity index (χ2v) is 9.16. The Bertz CT molecular complexity index is 1160. The Labute approximate surface area is 217 Å². The van der Waals surface area contributed by atoms with Crippen molar-refractivity contribution < 1.29 is 24.2 Å². The van der Waals surface area contributed by atoms with Crippen molar-refractivity contribution in [1.29, 1.82) is 0 Å². The van der Waals surface area contributed by atoms with Crippen LogP contribution in [0.5, 0.6) is 11.5 Å². The summed E-state index contributed by atoms with van der Waals surface area (Å²) in [6.07, 6.45) is 2.18. The topological polar surface area (TPSA) is 104 Å². The maximum atomic E-state index is 12.8. The molecule has 2 amide bonds. The van der Waals surface area contributed by atoms with E-state index in [-0.39, 0.29) is 23.5 Å². The summed E-state index contributed by atoms with van der Waals surface area (Å²) in [6.45, 7) is 4.05. The van der Waals surface area contributed by atoms with Crippen molar-refractivity contribution in [3.05, 3.63) is 65.4 Å². The van der Waals surface area contributed by atoms with Gasteiger partial charge in [0.2, 0.25) is 0 Å². The number of nitrogens with one attached hydrogen (secondary N) is 1. The highest BCUT2D eigenvalue weighted by Crippen LogP contribution is 2.37. The summed E-state index contributed by atoms with van der Waals surface area (Å²) < 4.78 is 10.6. The molecule has 2 N–H and O–H groups in total. The van der Waals surface area contributed by atoms with E-state index in [4.69, 9.17) is 9.47 Å². The van der Waals surface area contributed by atoms with Crippen molar-refractivity contribution >= 4 is 23.7 Å². The van der Waals surface area contributed by atoms with E-state index >= 15 is 0 Å². The summed E-state index contributed by atoms with van der Waals surface area (Å²) in [5.74, 6) is 1.04. The van der Waals surface area contributed by atoms with Gasteiger partial charge in [-0.2, -0.15) is 0 Å². The van der Waals surface area contributed by atoms with E-state index in [1.54, 1.807) is 14.2 Å². The number of ether oxygens (including phenoxy) is 2. The smallest absolute Gasteiger partial charge is 0.321 e. The first kappa shape index (κ1) is 26.2. The van der Waals surface area contributed by atoms with E-state index in [2.05, 4.69) is 15.2 Å². The minimum Gasteiger partial charge on any atom is -0.511 e. The SMILES string of the molecule is COc1ccc(C2CC(=O)C(C=NCCN3CCN(C(=O)Nc4ccccc4)CC3)=C(O)C2)cc1OC. The molecule has 4 rings (SSSR count). The minimum atomic E-state index is -0.125. The minimum absolute atomic E-state index is 0.0674. The second-order valence-electron chi connectivity index (χ2n) is 9.16. The number of aliphatic hydroxyl groups is 1. The number of piperazine rings is 1. The number of carbonyl (C=O) groups is 2. The van der Waals surface area contributed by atoms with E-state index in [1.165, 1.54) is 6.21 Å². The van der Waals surface area contributed by atoms with Crippen molar-refractivity contribution in [1.82, 2.24) is 9.80 Å². The van der Waals surface area contributed by atoms with Crippen molar-refractivity contribution in [2.75, 3.05) is 58.8 Å². The van der Waals surface area contributed by atoms with Gasteiger partial charge in [-0.3, -0.25) is 14.7 Å². The molecule has 0 saturated carbocycles. The van der Waals surface area contributed by atoms with Crippen molar-refractivity contribution in [3.63, 3.8) is 0 Å². The Morgan fingerprint density at radius 3 is 2.46 bits per heavy atom. The predicted molar refractivity (Wildman–Crippen MR) is 143 cm³/mol. The van der Waals surface area contributed by atoms with Gasteiger partial charge in [0, 0.05) is 57.5 Å². The maximum Gasteiger partial charge on any atom is 0.321 e. The average molecular weight is 507 g/mol. The lowest BCUT2D eigenvalue weighted by atomic mass is 9.83. The second kappa shape index (κ2) is 12.4. The summed E-state index contributed by atoms with van der Waals surface area (Å²) in [6, 6.07) is 14.9. The molecule has 0 spiro atoms. The number of aliphatic imine (C=N–C) groups is 1. The van der Waals surface area contributed by atoms with Gasteiger partial charge in [-0.25, -0.2) is 4.79 Å². The summed E-state index contributed by atoms with van der Waals surface area (Å²) >= 11 is 0. The van der Waals surface area contributed by atoms with Crippen LogP contribution in [0, 0.1) is 0 Å².